The lowest BCUT2D eigenvalue weighted by Gasteiger charge is -1.93. The Bertz CT molecular complexity index is 435. The van der Waals surface area contributed by atoms with E-state index < -0.39 is 0 Å². The summed E-state index contributed by atoms with van der Waals surface area (Å²) in [7, 11) is 0. The van der Waals surface area contributed by atoms with Gasteiger partial charge in [-0.25, -0.2) is 0 Å². The first kappa shape index (κ1) is 9.00. The van der Waals surface area contributed by atoms with E-state index in [0.29, 0.717) is 0 Å². The lowest BCUT2D eigenvalue weighted by Crippen LogP contribution is -2.01. The van der Waals surface area contributed by atoms with Crippen LogP contribution >= 0.6 is 17.0 Å². The molecule has 0 amide bonds. The molecule has 1 aromatic heterocycles. The van der Waals surface area contributed by atoms with Gasteiger partial charge in [-0.1, -0.05) is 18.2 Å². The second-order valence-electron chi connectivity index (χ2n) is 2.41. The van der Waals surface area contributed by atoms with Gasteiger partial charge in [-0.3, -0.25) is 4.79 Å². The lowest BCUT2D eigenvalue weighted by atomic mass is 10.2. The Labute approximate surface area is 80.0 Å². The van der Waals surface area contributed by atoms with E-state index >= 15 is 0 Å². The van der Waals surface area contributed by atoms with Crippen LogP contribution in [0.4, 0.5) is 0 Å². The molecule has 2 rings (SSSR count). The molecule has 0 bridgehead atoms. The van der Waals surface area contributed by atoms with Crippen LogP contribution in [0.15, 0.2) is 41.2 Å². The van der Waals surface area contributed by atoms with Gasteiger partial charge in [-0.05, 0) is 17.5 Å². The van der Waals surface area contributed by atoms with Crippen LogP contribution in [0, 0.1) is 0 Å². The van der Waals surface area contributed by atoms with Gasteiger partial charge in [0.15, 0.2) is 0 Å². The molecule has 1 radical (unpaired) electrons. The van der Waals surface area contributed by atoms with E-state index in [0.717, 1.165) is 10.9 Å². The van der Waals surface area contributed by atoms with Gasteiger partial charge in [0.1, 0.15) is 0 Å². The highest BCUT2D eigenvalue weighted by Gasteiger charge is 1.89. The lowest BCUT2D eigenvalue weighted by molar-refractivity contribution is 1.31. The van der Waals surface area contributed by atoms with Gasteiger partial charge in [0.05, 0.1) is 0 Å². The minimum atomic E-state index is -0.0521. The standard InChI is InChI=1S/C9H7NO.Br/c11-9-6-5-7-3-1-2-4-8(7)10-9;/h1-6H,(H,10,11);. The number of pyridine rings is 1. The highest BCUT2D eigenvalue weighted by atomic mass is 79.9. The van der Waals surface area contributed by atoms with Crippen LogP contribution in [0.25, 0.3) is 10.9 Å². The largest absolute Gasteiger partial charge is 0.322 e. The quantitative estimate of drug-likeness (QED) is 0.733. The number of nitrogens with one attached hydrogen (secondary N) is 1. The summed E-state index contributed by atoms with van der Waals surface area (Å²) in [6.07, 6.45) is 0. The number of aromatic amines is 1. The number of hydrogen-bond donors (Lipinski definition) is 1. The van der Waals surface area contributed by atoms with E-state index in [1.54, 1.807) is 0 Å². The summed E-state index contributed by atoms with van der Waals surface area (Å²) >= 11 is 0. The fourth-order valence-corrected chi connectivity index (χ4v) is 1.10. The number of rotatable bonds is 0. The van der Waals surface area contributed by atoms with Crippen LogP contribution in [0.1, 0.15) is 0 Å². The molecule has 61 valence electrons. The zero-order valence-electron chi connectivity index (χ0n) is 6.25. The van der Waals surface area contributed by atoms with Crippen LogP contribution in [-0.2, 0) is 0 Å². The molecule has 3 heteroatoms. The van der Waals surface area contributed by atoms with E-state index in [4.69, 9.17) is 0 Å². The van der Waals surface area contributed by atoms with Gasteiger partial charge in [0.25, 0.3) is 0 Å². The smallest absolute Gasteiger partial charge is 0.248 e. The molecule has 0 aliphatic heterocycles. The molecular weight excluding hydrogens is 218 g/mol. The highest BCUT2D eigenvalue weighted by Crippen LogP contribution is 2.06. The van der Waals surface area contributed by atoms with Crippen molar-refractivity contribution < 1.29 is 0 Å². The molecule has 0 fully saturated rings. The molecule has 0 saturated carbocycles. The zero-order valence-corrected chi connectivity index (χ0v) is 7.84. The van der Waals surface area contributed by atoms with E-state index in [-0.39, 0.29) is 22.5 Å². The normalized spacial score (nSPS) is 9.33. The average molecular weight is 225 g/mol. The van der Waals surface area contributed by atoms with Crippen LogP contribution in [0.2, 0.25) is 0 Å². The van der Waals surface area contributed by atoms with Gasteiger partial charge in [-0.15, -0.1) is 0 Å². The molecule has 12 heavy (non-hydrogen) atoms. The Hall–Kier alpha value is -1.09. The third-order valence-electron chi connectivity index (χ3n) is 1.63. The van der Waals surface area contributed by atoms with Crippen molar-refractivity contribution in [3.05, 3.63) is 46.8 Å². The molecular formula is C9H7BrNO. The zero-order chi connectivity index (χ0) is 7.68. The summed E-state index contributed by atoms with van der Waals surface area (Å²) in [5.41, 5.74) is 0.837. The van der Waals surface area contributed by atoms with Gasteiger partial charge < -0.3 is 4.98 Å². The van der Waals surface area contributed by atoms with Crippen molar-refractivity contribution in [2.24, 2.45) is 0 Å². The predicted octanol–water partition coefficient (Wildman–Crippen LogP) is 2.37. The average Bonchev–Trinajstić information content (AvgIpc) is 2.04. The maximum absolute atomic E-state index is 10.8. The molecule has 0 aliphatic rings. The third kappa shape index (κ3) is 1.56. The van der Waals surface area contributed by atoms with E-state index in [9.17, 15) is 4.79 Å². The molecule has 1 heterocycles. The second-order valence-corrected chi connectivity index (χ2v) is 2.41. The number of halogens is 1. The Morgan fingerprint density at radius 1 is 1.00 bits per heavy atom. The van der Waals surface area contributed by atoms with E-state index in [2.05, 4.69) is 4.98 Å². The Morgan fingerprint density at radius 3 is 2.58 bits per heavy atom. The first-order chi connectivity index (χ1) is 5.36. The van der Waals surface area contributed by atoms with Crippen molar-refractivity contribution in [1.82, 2.24) is 4.98 Å². The number of aromatic nitrogens is 1. The SMILES string of the molecule is O=c1ccc2ccccc2[nH]1.[Br]. The minimum Gasteiger partial charge on any atom is -0.322 e. The van der Waals surface area contributed by atoms with Crippen molar-refractivity contribution >= 4 is 27.9 Å². The number of para-hydroxylation sites is 1. The van der Waals surface area contributed by atoms with Crippen LogP contribution < -0.4 is 5.56 Å². The molecule has 0 atom stereocenters. The molecule has 1 aromatic carbocycles. The van der Waals surface area contributed by atoms with Crippen LogP contribution in [0.3, 0.4) is 0 Å². The van der Waals surface area contributed by atoms with Crippen molar-refractivity contribution in [3.8, 4) is 0 Å². The Kier molecular flexibility index (Phi) is 2.65. The molecule has 0 saturated heterocycles. The maximum Gasteiger partial charge on any atom is 0.248 e. The number of fused-ring (bicyclic) bond motifs is 1. The number of hydrogen-bond acceptors (Lipinski definition) is 1. The van der Waals surface area contributed by atoms with Crippen molar-refractivity contribution in [3.63, 3.8) is 0 Å². The molecule has 2 aromatic rings. The van der Waals surface area contributed by atoms with Gasteiger partial charge in [0.2, 0.25) is 5.56 Å². The van der Waals surface area contributed by atoms with Crippen LogP contribution in [-0.4, -0.2) is 4.98 Å². The summed E-state index contributed by atoms with van der Waals surface area (Å²) in [6.45, 7) is 0. The fraction of sp³-hybridized carbons (Fsp3) is 0. The van der Waals surface area contributed by atoms with Crippen molar-refractivity contribution in [2.45, 2.75) is 0 Å². The monoisotopic (exact) mass is 224 g/mol. The Balaban J connectivity index is 0.000000720. The van der Waals surface area contributed by atoms with Crippen LogP contribution in [0.5, 0.6) is 0 Å². The predicted molar refractivity (Wildman–Crippen MR) is 53.5 cm³/mol. The number of H-pyrrole nitrogens is 1. The minimum absolute atomic E-state index is 0. The topological polar surface area (TPSA) is 32.9 Å². The van der Waals surface area contributed by atoms with E-state index in [1.165, 1.54) is 6.07 Å². The molecule has 1 N–H and O–H groups in total. The molecule has 0 unspecified atom stereocenters. The highest BCUT2D eigenvalue weighted by molar-refractivity contribution is 8.93. The third-order valence-corrected chi connectivity index (χ3v) is 1.63. The Morgan fingerprint density at radius 2 is 1.75 bits per heavy atom. The van der Waals surface area contributed by atoms with Gasteiger partial charge in [0, 0.05) is 28.6 Å². The first-order valence-corrected chi connectivity index (χ1v) is 3.44. The molecule has 0 spiro atoms. The summed E-state index contributed by atoms with van der Waals surface area (Å²) < 4.78 is 0. The van der Waals surface area contributed by atoms with Gasteiger partial charge >= 0.3 is 0 Å². The van der Waals surface area contributed by atoms with Crippen molar-refractivity contribution in [1.29, 1.82) is 0 Å². The summed E-state index contributed by atoms with van der Waals surface area (Å²) in [6, 6.07) is 11.0. The van der Waals surface area contributed by atoms with Gasteiger partial charge in [-0.2, -0.15) is 0 Å². The van der Waals surface area contributed by atoms with E-state index in [1.807, 2.05) is 30.3 Å². The summed E-state index contributed by atoms with van der Waals surface area (Å²) in [5.74, 6) is 0. The van der Waals surface area contributed by atoms with Crippen molar-refractivity contribution in [2.75, 3.05) is 0 Å². The molecule has 2 nitrogen and oxygen atoms in total. The first-order valence-electron chi connectivity index (χ1n) is 3.44. The summed E-state index contributed by atoms with van der Waals surface area (Å²) in [5, 5.41) is 1.06. The summed E-state index contributed by atoms with van der Waals surface area (Å²) in [4.78, 5) is 13.6. The molecule has 0 aliphatic carbocycles. The second kappa shape index (κ2) is 3.54. The fourth-order valence-electron chi connectivity index (χ4n) is 1.10. The maximum atomic E-state index is 10.8. The number of benzene rings is 1.